The molecule has 0 spiro atoms. The van der Waals surface area contributed by atoms with E-state index in [4.69, 9.17) is 0 Å². The first-order valence-corrected chi connectivity index (χ1v) is 7.14. The number of nitrogens with zero attached hydrogens (tertiary/aromatic N) is 2. The Kier molecular flexibility index (Phi) is 6.57. The van der Waals surface area contributed by atoms with Gasteiger partial charge in [-0.2, -0.15) is 11.8 Å². The molecule has 0 aliphatic heterocycles. The van der Waals surface area contributed by atoms with Crippen molar-refractivity contribution in [2.45, 2.75) is 46.2 Å². The van der Waals surface area contributed by atoms with Crippen LogP contribution in [0.3, 0.4) is 0 Å². The average molecular weight is 227 g/mol. The molecule has 2 nitrogen and oxygen atoms in total. The average Bonchev–Trinajstić information content (AvgIpc) is 2.66. The Hall–Kier alpha value is -0.440. The minimum absolute atomic E-state index is 1.14. The van der Waals surface area contributed by atoms with Gasteiger partial charge in [0, 0.05) is 0 Å². The molecule has 0 aromatic carbocycles. The predicted molar refractivity (Wildman–Crippen MR) is 67.2 cm³/mol. The van der Waals surface area contributed by atoms with Gasteiger partial charge in [0.1, 0.15) is 12.4 Å². The maximum Gasteiger partial charge on any atom is 0.243 e. The summed E-state index contributed by atoms with van der Waals surface area (Å²) >= 11 is 2.04. The van der Waals surface area contributed by atoms with E-state index in [-0.39, 0.29) is 0 Å². The van der Waals surface area contributed by atoms with Crippen LogP contribution in [0.1, 0.15) is 33.1 Å². The van der Waals surface area contributed by atoms with Gasteiger partial charge in [0.05, 0.1) is 13.1 Å². The van der Waals surface area contributed by atoms with Crippen molar-refractivity contribution in [3.63, 3.8) is 0 Å². The quantitative estimate of drug-likeness (QED) is 0.490. The molecule has 0 unspecified atom stereocenters. The van der Waals surface area contributed by atoms with E-state index in [9.17, 15) is 0 Å². The standard InChI is InChI=1S/C12H23N2S/c1-3-7-13-9-10-14(12-13)8-5-6-11-15-4-2/h9-10,12H,3-8,11H2,1-2H3/q+1. The summed E-state index contributed by atoms with van der Waals surface area (Å²) in [4.78, 5) is 0. The molecule has 0 aliphatic rings. The maximum atomic E-state index is 2.30. The number of imidazole rings is 1. The fraction of sp³-hybridized carbons (Fsp3) is 0.750. The molecular weight excluding hydrogens is 204 g/mol. The van der Waals surface area contributed by atoms with Crippen LogP contribution in [0.5, 0.6) is 0 Å². The third kappa shape index (κ3) is 5.26. The Morgan fingerprint density at radius 2 is 2.13 bits per heavy atom. The molecule has 1 aromatic rings. The van der Waals surface area contributed by atoms with E-state index in [1.54, 1.807) is 0 Å². The van der Waals surface area contributed by atoms with Gasteiger partial charge in [0.25, 0.3) is 0 Å². The van der Waals surface area contributed by atoms with Crippen molar-refractivity contribution in [3.8, 4) is 0 Å². The van der Waals surface area contributed by atoms with Crippen LogP contribution in [0.4, 0.5) is 0 Å². The van der Waals surface area contributed by atoms with Crippen LogP contribution in [0.25, 0.3) is 0 Å². The molecule has 0 bridgehead atoms. The Balaban J connectivity index is 2.14. The summed E-state index contributed by atoms with van der Waals surface area (Å²) in [6, 6.07) is 0. The molecule has 0 fully saturated rings. The lowest BCUT2D eigenvalue weighted by Crippen LogP contribution is -2.30. The van der Waals surface area contributed by atoms with Gasteiger partial charge in [-0.15, -0.1) is 0 Å². The summed E-state index contributed by atoms with van der Waals surface area (Å²) in [5, 5.41) is 0. The van der Waals surface area contributed by atoms with Crippen LogP contribution in [0, 0.1) is 0 Å². The second kappa shape index (κ2) is 7.80. The van der Waals surface area contributed by atoms with Crippen molar-refractivity contribution >= 4 is 11.8 Å². The highest BCUT2D eigenvalue weighted by Gasteiger charge is 2.01. The first-order chi connectivity index (χ1) is 7.36. The molecule has 0 saturated carbocycles. The first kappa shape index (κ1) is 12.6. The summed E-state index contributed by atoms with van der Waals surface area (Å²) < 4.78 is 4.56. The summed E-state index contributed by atoms with van der Waals surface area (Å²) in [6.07, 6.45) is 10.4. The van der Waals surface area contributed by atoms with Gasteiger partial charge in [-0.25, -0.2) is 9.13 Å². The van der Waals surface area contributed by atoms with Gasteiger partial charge < -0.3 is 0 Å². The molecule has 86 valence electrons. The highest BCUT2D eigenvalue weighted by molar-refractivity contribution is 7.99. The van der Waals surface area contributed by atoms with Crippen molar-refractivity contribution in [1.29, 1.82) is 0 Å². The molecule has 0 saturated heterocycles. The Morgan fingerprint density at radius 1 is 1.27 bits per heavy atom. The van der Waals surface area contributed by atoms with E-state index < -0.39 is 0 Å². The van der Waals surface area contributed by atoms with E-state index >= 15 is 0 Å². The molecule has 0 N–H and O–H groups in total. The first-order valence-electron chi connectivity index (χ1n) is 5.99. The van der Waals surface area contributed by atoms with E-state index in [1.165, 1.54) is 37.3 Å². The smallest absolute Gasteiger partial charge is 0.237 e. The van der Waals surface area contributed by atoms with E-state index in [1.807, 2.05) is 11.8 Å². The molecule has 1 aromatic heterocycles. The monoisotopic (exact) mass is 227 g/mol. The molecule has 0 atom stereocenters. The Morgan fingerprint density at radius 3 is 2.87 bits per heavy atom. The van der Waals surface area contributed by atoms with Gasteiger partial charge >= 0.3 is 0 Å². The highest BCUT2D eigenvalue weighted by Crippen LogP contribution is 2.04. The van der Waals surface area contributed by atoms with Crippen LogP contribution >= 0.6 is 11.8 Å². The van der Waals surface area contributed by atoms with Crippen molar-refractivity contribution in [2.24, 2.45) is 0 Å². The molecule has 0 aliphatic carbocycles. The molecule has 0 radical (unpaired) electrons. The van der Waals surface area contributed by atoms with Crippen LogP contribution in [0.15, 0.2) is 18.7 Å². The summed E-state index contributed by atoms with van der Waals surface area (Å²) in [5.41, 5.74) is 0. The molecule has 0 amide bonds. The van der Waals surface area contributed by atoms with E-state index in [2.05, 4.69) is 41.7 Å². The molecule has 1 rings (SSSR count). The molecular formula is C12H23N2S+. The minimum atomic E-state index is 1.14. The van der Waals surface area contributed by atoms with Crippen molar-refractivity contribution in [2.75, 3.05) is 11.5 Å². The zero-order valence-corrected chi connectivity index (χ0v) is 10.8. The van der Waals surface area contributed by atoms with Crippen LogP contribution in [-0.4, -0.2) is 16.1 Å². The number of rotatable bonds is 8. The topological polar surface area (TPSA) is 8.81 Å². The normalized spacial score (nSPS) is 10.8. The second-order valence-corrected chi connectivity index (χ2v) is 5.19. The zero-order valence-electron chi connectivity index (χ0n) is 9.98. The summed E-state index contributed by atoms with van der Waals surface area (Å²) in [7, 11) is 0. The largest absolute Gasteiger partial charge is 0.243 e. The number of unbranched alkanes of at least 4 members (excludes halogenated alkanes) is 1. The molecule has 15 heavy (non-hydrogen) atoms. The van der Waals surface area contributed by atoms with E-state index in [0.717, 1.165) is 6.54 Å². The van der Waals surface area contributed by atoms with Crippen molar-refractivity contribution in [1.82, 2.24) is 4.57 Å². The van der Waals surface area contributed by atoms with Gasteiger partial charge in [-0.1, -0.05) is 13.8 Å². The summed E-state index contributed by atoms with van der Waals surface area (Å²) in [5.74, 6) is 2.56. The predicted octanol–water partition coefficient (Wildman–Crippen LogP) is 2.72. The third-order valence-electron chi connectivity index (χ3n) is 2.39. The van der Waals surface area contributed by atoms with Gasteiger partial charge in [-0.05, 0) is 30.8 Å². The Bertz CT molecular complexity index is 258. The number of hydrogen-bond donors (Lipinski definition) is 0. The van der Waals surface area contributed by atoms with Crippen LogP contribution in [-0.2, 0) is 13.1 Å². The minimum Gasteiger partial charge on any atom is -0.237 e. The van der Waals surface area contributed by atoms with Gasteiger partial charge in [0.15, 0.2) is 0 Å². The lowest BCUT2D eigenvalue weighted by atomic mass is 10.3. The lowest BCUT2D eigenvalue weighted by Gasteiger charge is -1.97. The van der Waals surface area contributed by atoms with Crippen LogP contribution < -0.4 is 4.57 Å². The van der Waals surface area contributed by atoms with Crippen molar-refractivity contribution < 1.29 is 4.57 Å². The van der Waals surface area contributed by atoms with E-state index in [0.29, 0.717) is 0 Å². The SMILES string of the molecule is CCC[n+]1ccn(CCCCSCC)c1. The zero-order chi connectivity index (χ0) is 10.9. The van der Waals surface area contributed by atoms with Gasteiger partial charge in [0.2, 0.25) is 6.33 Å². The molecule has 3 heteroatoms. The number of aromatic nitrogens is 2. The van der Waals surface area contributed by atoms with Gasteiger partial charge in [-0.3, -0.25) is 0 Å². The Labute approximate surface area is 97.7 Å². The fourth-order valence-electron chi connectivity index (χ4n) is 1.60. The lowest BCUT2D eigenvalue weighted by molar-refractivity contribution is -0.696. The number of hydrogen-bond acceptors (Lipinski definition) is 1. The van der Waals surface area contributed by atoms with Crippen LogP contribution in [0.2, 0.25) is 0 Å². The summed E-state index contributed by atoms with van der Waals surface area (Å²) in [6.45, 7) is 6.75. The number of aryl methyl sites for hydroxylation is 2. The second-order valence-electron chi connectivity index (χ2n) is 3.79. The molecule has 1 heterocycles. The third-order valence-corrected chi connectivity index (χ3v) is 3.37. The maximum absolute atomic E-state index is 2.30. The van der Waals surface area contributed by atoms with Crippen molar-refractivity contribution in [3.05, 3.63) is 18.7 Å². The highest BCUT2D eigenvalue weighted by atomic mass is 32.2. The number of thioether (sulfide) groups is 1. The fourth-order valence-corrected chi connectivity index (χ4v) is 2.30.